The van der Waals surface area contributed by atoms with Gasteiger partial charge in [0.1, 0.15) is 0 Å². The summed E-state index contributed by atoms with van der Waals surface area (Å²) in [6.45, 7) is 7.00. The Hall–Kier alpha value is 0.913. The minimum atomic E-state index is 0. The summed E-state index contributed by atoms with van der Waals surface area (Å²) in [5.74, 6) is 0. The molecular weight excluding hydrogens is 151 g/mol. The van der Waals surface area contributed by atoms with Gasteiger partial charge in [0.2, 0.25) is 0 Å². The Morgan fingerprint density at radius 2 is 1.25 bits per heavy atom. The van der Waals surface area contributed by atoms with E-state index in [1.54, 1.807) is 0 Å². The molecule has 0 radical (unpaired) electrons. The fourth-order valence-corrected chi connectivity index (χ4v) is 0. The van der Waals surface area contributed by atoms with Gasteiger partial charge in [-0.1, -0.05) is 0 Å². The molecule has 2 heteroatoms. The molecule has 0 aromatic carbocycles. The summed E-state index contributed by atoms with van der Waals surface area (Å²) in [6, 6.07) is 0. The predicted molar refractivity (Wildman–Crippen MR) is 17.2 cm³/mol. The van der Waals surface area contributed by atoms with E-state index < -0.39 is 0 Å². The van der Waals surface area contributed by atoms with Gasteiger partial charge in [-0.2, -0.15) is 0 Å². The van der Waals surface area contributed by atoms with Gasteiger partial charge in [-0.3, -0.25) is 6.58 Å². The molecule has 0 nitrogen and oxygen atoms in total. The first-order valence-corrected chi connectivity index (χ1v) is 0.408. The smallest absolute Gasteiger partial charge is 0 e. The quantitative estimate of drug-likeness (QED) is 0.458. The van der Waals surface area contributed by atoms with Crippen molar-refractivity contribution in [3.05, 3.63) is 13.2 Å². The minimum absolute atomic E-state index is 0. The summed E-state index contributed by atoms with van der Waals surface area (Å²) in [5, 5.41) is 0. The van der Waals surface area contributed by atoms with E-state index in [-0.39, 0.29) is 38.6 Å². The fourth-order valence-electron chi connectivity index (χ4n) is 0. The molecule has 0 bridgehead atoms. The van der Waals surface area contributed by atoms with Gasteiger partial charge in [-0.15, -0.1) is 12.4 Å². The van der Waals surface area contributed by atoms with Crippen LogP contribution >= 0.6 is 12.4 Å². The van der Waals surface area contributed by atoms with E-state index in [1.165, 1.54) is 0 Å². The van der Waals surface area contributed by atoms with Gasteiger partial charge in [-0.05, 0) is 0 Å². The molecule has 0 aliphatic carbocycles. The normalized spacial score (nSPS) is 1.00. The van der Waals surface area contributed by atoms with Crippen LogP contribution in [0.15, 0.2) is 6.58 Å². The Morgan fingerprint density at radius 3 is 1.25 bits per heavy atom. The number of rotatable bonds is 0. The molecule has 0 N–H and O–H groups in total. The Labute approximate surface area is 51.8 Å². The second-order valence-corrected chi connectivity index (χ2v) is 0. The SMILES string of the molecule is Cl.[CH-]=C.[Zr]. The van der Waals surface area contributed by atoms with E-state index in [4.69, 9.17) is 0 Å². The van der Waals surface area contributed by atoms with Crippen molar-refractivity contribution < 1.29 is 26.2 Å². The van der Waals surface area contributed by atoms with Crippen molar-refractivity contribution in [3.63, 3.8) is 0 Å². The second-order valence-electron chi connectivity index (χ2n) is 0. The zero-order chi connectivity index (χ0) is 2.00. The van der Waals surface area contributed by atoms with E-state index in [0.717, 1.165) is 0 Å². The monoisotopic (exact) mass is 153 g/mol. The third-order valence-corrected chi connectivity index (χ3v) is 0. The molecule has 24 valence electrons. The minimum Gasteiger partial charge on any atom is -0.521 e. The Morgan fingerprint density at radius 1 is 1.25 bits per heavy atom. The van der Waals surface area contributed by atoms with Crippen molar-refractivity contribution >= 4 is 12.4 Å². The van der Waals surface area contributed by atoms with Gasteiger partial charge in [0.25, 0.3) is 0 Å². The maximum absolute atomic E-state index is 4.25. The summed E-state index contributed by atoms with van der Waals surface area (Å²) in [7, 11) is 0. The first-order chi connectivity index (χ1) is 1.00. The summed E-state index contributed by atoms with van der Waals surface area (Å²) in [4.78, 5) is 0. The van der Waals surface area contributed by atoms with Crippen LogP contribution in [0.2, 0.25) is 0 Å². The number of halogens is 1. The molecule has 0 saturated heterocycles. The third kappa shape index (κ3) is 12.8. The van der Waals surface area contributed by atoms with Crippen LogP contribution < -0.4 is 0 Å². The van der Waals surface area contributed by atoms with Crippen LogP contribution in [0.5, 0.6) is 0 Å². The molecule has 0 amide bonds. The first-order valence-electron chi connectivity index (χ1n) is 0.408. The molecule has 0 spiro atoms. The summed E-state index contributed by atoms with van der Waals surface area (Å²) < 4.78 is 0. The largest absolute Gasteiger partial charge is 0.521 e. The van der Waals surface area contributed by atoms with Gasteiger partial charge in [0.05, 0.1) is 0 Å². The van der Waals surface area contributed by atoms with Gasteiger partial charge in [0.15, 0.2) is 0 Å². The van der Waals surface area contributed by atoms with Gasteiger partial charge < -0.3 is 6.58 Å². The van der Waals surface area contributed by atoms with E-state index in [9.17, 15) is 0 Å². The molecule has 0 unspecified atom stereocenters. The van der Waals surface area contributed by atoms with E-state index in [2.05, 4.69) is 13.2 Å². The van der Waals surface area contributed by atoms with Crippen LogP contribution in [0, 0.1) is 6.58 Å². The molecule has 0 aromatic rings. The van der Waals surface area contributed by atoms with Crippen LogP contribution in [0.3, 0.4) is 0 Å². The van der Waals surface area contributed by atoms with Crippen molar-refractivity contribution in [1.82, 2.24) is 0 Å². The summed E-state index contributed by atoms with van der Waals surface area (Å²) >= 11 is 0. The molecule has 0 atom stereocenters. The van der Waals surface area contributed by atoms with Crippen LogP contribution in [0.4, 0.5) is 0 Å². The second kappa shape index (κ2) is 39.8. The molecular formula is C2H4ClZr-. The maximum Gasteiger partial charge on any atom is 0 e. The van der Waals surface area contributed by atoms with Crippen LogP contribution in [0.25, 0.3) is 0 Å². The van der Waals surface area contributed by atoms with Crippen LogP contribution in [0.1, 0.15) is 0 Å². The van der Waals surface area contributed by atoms with Gasteiger partial charge >= 0.3 is 0 Å². The Balaban J connectivity index is -0.00000000500. The van der Waals surface area contributed by atoms with E-state index in [0.29, 0.717) is 0 Å². The molecule has 0 heterocycles. The van der Waals surface area contributed by atoms with E-state index >= 15 is 0 Å². The van der Waals surface area contributed by atoms with Crippen molar-refractivity contribution in [1.29, 1.82) is 0 Å². The summed E-state index contributed by atoms with van der Waals surface area (Å²) in [5.41, 5.74) is 0. The predicted octanol–water partition coefficient (Wildman–Crippen LogP) is 1.02. The fraction of sp³-hybridized carbons (Fsp3) is 0. The molecule has 0 aliphatic heterocycles. The Kier molecular flexibility index (Phi) is 205. The Bertz CT molecular complexity index is 6.00. The van der Waals surface area contributed by atoms with Crippen LogP contribution in [-0.2, 0) is 26.2 Å². The third-order valence-electron chi connectivity index (χ3n) is 0. The molecule has 0 rings (SSSR count). The molecule has 0 fully saturated rings. The number of hydrogen-bond donors (Lipinski definition) is 0. The zero-order valence-corrected chi connectivity index (χ0v) is 5.47. The molecule has 0 saturated carbocycles. The average Bonchev–Trinajstić information content (AvgIpc) is 1.00. The molecule has 0 aromatic heterocycles. The average molecular weight is 155 g/mol. The summed E-state index contributed by atoms with van der Waals surface area (Å²) in [6.07, 6.45) is 0. The van der Waals surface area contributed by atoms with Crippen molar-refractivity contribution in [2.24, 2.45) is 0 Å². The maximum atomic E-state index is 4.25. The first kappa shape index (κ1) is 20.6. The molecule has 4 heavy (non-hydrogen) atoms. The van der Waals surface area contributed by atoms with Crippen molar-refractivity contribution in [3.8, 4) is 0 Å². The topological polar surface area (TPSA) is 0 Å². The van der Waals surface area contributed by atoms with Crippen molar-refractivity contribution in [2.45, 2.75) is 0 Å². The zero-order valence-electron chi connectivity index (χ0n) is 2.19. The van der Waals surface area contributed by atoms with Crippen molar-refractivity contribution in [2.75, 3.05) is 0 Å². The molecule has 0 aliphatic rings. The van der Waals surface area contributed by atoms with Gasteiger partial charge in [-0.25, -0.2) is 0 Å². The number of hydrogen-bond acceptors (Lipinski definition) is 0. The standard InChI is InChI=1S/C2H3.ClH.Zr/c1-2;;/h1H,2H2;1H;/q-1;;. The van der Waals surface area contributed by atoms with Gasteiger partial charge in [0, 0.05) is 26.2 Å². The van der Waals surface area contributed by atoms with Crippen LogP contribution in [-0.4, -0.2) is 0 Å². The van der Waals surface area contributed by atoms with E-state index in [1.807, 2.05) is 0 Å².